The molecule has 0 saturated carbocycles. The summed E-state index contributed by atoms with van der Waals surface area (Å²) in [4.78, 5) is 0. The van der Waals surface area contributed by atoms with Gasteiger partial charge in [-0.15, -0.1) is 0 Å². The Morgan fingerprint density at radius 1 is 0.792 bits per heavy atom. The molecule has 0 spiro atoms. The van der Waals surface area contributed by atoms with Gasteiger partial charge in [-0.05, 0) is 55.0 Å². The van der Waals surface area contributed by atoms with Crippen LogP contribution >= 0.6 is 0 Å². The molecule has 0 aliphatic carbocycles. The molecule has 0 unspecified atom stereocenters. The predicted octanol–water partition coefficient (Wildman–Crippen LogP) is 6.83. The summed E-state index contributed by atoms with van der Waals surface area (Å²) in [5, 5.41) is 4.95. The third kappa shape index (κ3) is 3.75. The first-order valence-electron chi connectivity index (χ1n) is 9.46. The summed E-state index contributed by atoms with van der Waals surface area (Å²) >= 11 is 0. The highest BCUT2D eigenvalue weighted by Gasteiger charge is 2.22. The first-order chi connectivity index (χ1) is 11.8. The third-order valence-corrected chi connectivity index (χ3v) is 4.74. The fourth-order valence-electron chi connectivity index (χ4n) is 3.37. The summed E-state index contributed by atoms with van der Waals surface area (Å²) in [6, 6.07) is 12.4. The van der Waals surface area contributed by atoms with Gasteiger partial charge in [-0.2, -0.15) is 0 Å². The van der Waals surface area contributed by atoms with Crippen LogP contribution < -0.4 is 10.1 Å². The van der Waals surface area contributed by atoms with Crippen molar-refractivity contribution in [1.29, 1.82) is 0 Å². The van der Waals surface area contributed by atoms with E-state index in [4.69, 9.17) is 10.1 Å². The van der Waals surface area contributed by atoms with Crippen molar-refractivity contribution in [3.05, 3.63) is 47.5 Å². The SMILES string of the molecule is CCCCCc1ccc2c(c1CCCCC)[N]c1ccccc1O2. The molecule has 1 aliphatic rings. The normalized spacial score (nSPS) is 12.1. The Morgan fingerprint density at radius 3 is 2.33 bits per heavy atom. The Morgan fingerprint density at radius 2 is 1.54 bits per heavy atom. The summed E-state index contributed by atoms with van der Waals surface area (Å²) in [5.41, 5.74) is 4.89. The number of para-hydroxylation sites is 2. The van der Waals surface area contributed by atoms with E-state index >= 15 is 0 Å². The molecule has 1 aliphatic heterocycles. The maximum absolute atomic E-state index is 6.11. The second kappa shape index (κ2) is 8.23. The maximum Gasteiger partial charge on any atom is 0.153 e. The number of nitrogens with zero attached hydrogens (tertiary/aromatic N) is 1. The second-order valence-electron chi connectivity index (χ2n) is 6.65. The molecular formula is C22H28NO. The number of hydrogen-bond acceptors (Lipinski definition) is 1. The zero-order valence-electron chi connectivity index (χ0n) is 15.0. The highest BCUT2D eigenvalue weighted by Crippen LogP contribution is 2.45. The fourth-order valence-corrected chi connectivity index (χ4v) is 3.37. The number of hydrogen-bond donors (Lipinski definition) is 0. The van der Waals surface area contributed by atoms with Gasteiger partial charge in [0.15, 0.2) is 11.5 Å². The van der Waals surface area contributed by atoms with E-state index in [9.17, 15) is 0 Å². The van der Waals surface area contributed by atoms with Crippen LogP contribution in [0.5, 0.6) is 11.5 Å². The Kier molecular flexibility index (Phi) is 5.79. The third-order valence-electron chi connectivity index (χ3n) is 4.74. The minimum atomic E-state index is 0.864. The highest BCUT2D eigenvalue weighted by atomic mass is 16.5. The van der Waals surface area contributed by atoms with Gasteiger partial charge in [0.05, 0.1) is 0 Å². The molecule has 2 heteroatoms. The minimum Gasteiger partial charge on any atom is -0.453 e. The van der Waals surface area contributed by atoms with Crippen molar-refractivity contribution >= 4 is 11.4 Å². The first-order valence-corrected chi connectivity index (χ1v) is 9.46. The Hall–Kier alpha value is -1.96. The Balaban J connectivity index is 1.89. The number of aryl methyl sites for hydroxylation is 1. The van der Waals surface area contributed by atoms with E-state index in [0.717, 1.165) is 35.7 Å². The van der Waals surface area contributed by atoms with Crippen LogP contribution in [0.4, 0.5) is 11.4 Å². The van der Waals surface area contributed by atoms with Gasteiger partial charge in [-0.1, -0.05) is 57.7 Å². The van der Waals surface area contributed by atoms with E-state index < -0.39 is 0 Å². The van der Waals surface area contributed by atoms with Crippen LogP contribution in [-0.4, -0.2) is 0 Å². The molecule has 2 aromatic carbocycles. The van der Waals surface area contributed by atoms with Crippen molar-refractivity contribution in [2.75, 3.05) is 0 Å². The van der Waals surface area contributed by atoms with Gasteiger partial charge in [0.25, 0.3) is 0 Å². The van der Waals surface area contributed by atoms with Crippen molar-refractivity contribution < 1.29 is 4.74 Å². The van der Waals surface area contributed by atoms with Gasteiger partial charge < -0.3 is 4.74 Å². The monoisotopic (exact) mass is 322 g/mol. The molecule has 2 nitrogen and oxygen atoms in total. The zero-order chi connectivity index (χ0) is 16.8. The summed E-state index contributed by atoms with van der Waals surface area (Å²) in [7, 11) is 0. The van der Waals surface area contributed by atoms with Crippen LogP contribution in [0.2, 0.25) is 0 Å². The second-order valence-corrected chi connectivity index (χ2v) is 6.65. The Labute approximate surface area is 146 Å². The lowest BCUT2D eigenvalue weighted by molar-refractivity contribution is 0.469. The average Bonchev–Trinajstić information content (AvgIpc) is 2.61. The number of ether oxygens (including phenoxy) is 1. The summed E-state index contributed by atoms with van der Waals surface area (Å²) < 4.78 is 6.11. The van der Waals surface area contributed by atoms with E-state index in [2.05, 4.69) is 26.0 Å². The molecular weight excluding hydrogens is 294 g/mol. The van der Waals surface area contributed by atoms with Gasteiger partial charge in [0.1, 0.15) is 11.4 Å². The number of benzene rings is 2. The molecule has 1 heterocycles. The number of fused-ring (bicyclic) bond motifs is 2. The van der Waals surface area contributed by atoms with Crippen molar-refractivity contribution in [3.63, 3.8) is 0 Å². The number of unbranched alkanes of at least 4 members (excludes halogenated alkanes) is 4. The molecule has 0 amide bonds. The number of rotatable bonds is 8. The zero-order valence-corrected chi connectivity index (χ0v) is 15.0. The molecule has 0 bridgehead atoms. The van der Waals surface area contributed by atoms with Gasteiger partial charge in [0.2, 0.25) is 0 Å². The lowest BCUT2D eigenvalue weighted by Gasteiger charge is -2.24. The van der Waals surface area contributed by atoms with Crippen LogP contribution in [0.25, 0.3) is 0 Å². The van der Waals surface area contributed by atoms with Crippen LogP contribution in [0.1, 0.15) is 63.5 Å². The highest BCUT2D eigenvalue weighted by molar-refractivity contribution is 5.71. The molecule has 2 aromatic rings. The predicted molar refractivity (Wildman–Crippen MR) is 101 cm³/mol. The minimum absolute atomic E-state index is 0.864. The van der Waals surface area contributed by atoms with Crippen molar-refractivity contribution in [2.24, 2.45) is 0 Å². The maximum atomic E-state index is 6.11. The average molecular weight is 322 g/mol. The van der Waals surface area contributed by atoms with E-state index in [0.29, 0.717) is 0 Å². The van der Waals surface area contributed by atoms with Gasteiger partial charge in [0, 0.05) is 0 Å². The molecule has 127 valence electrons. The lowest BCUT2D eigenvalue weighted by Crippen LogP contribution is -2.07. The summed E-state index contributed by atoms with van der Waals surface area (Å²) in [6.07, 6.45) is 9.82. The molecule has 3 rings (SSSR count). The molecule has 0 atom stereocenters. The van der Waals surface area contributed by atoms with Crippen molar-refractivity contribution in [2.45, 2.75) is 65.2 Å². The first kappa shape index (κ1) is 16.9. The van der Waals surface area contributed by atoms with Crippen LogP contribution in [-0.2, 0) is 12.8 Å². The molecule has 0 N–H and O–H groups in total. The lowest BCUT2D eigenvalue weighted by atomic mass is 9.94. The van der Waals surface area contributed by atoms with Gasteiger partial charge in [-0.25, -0.2) is 5.32 Å². The van der Waals surface area contributed by atoms with Crippen molar-refractivity contribution in [1.82, 2.24) is 5.32 Å². The summed E-state index contributed by atoms with van der Waals surface area (Å²) in [6.45, 7) is 4.52. The largest absolute Gasteiger partial charge is 0.453 e. The standard InChI is InChI=1S/C22H28NO/c1-3-5-7-11-17-15-16-21-22(18(17)12-8-6-4-2)23-19-13-9-10-14-20(19)24-21/h9-10,13-16H,3-8,11-12H2,1-2H3. The summed E-state index contributed by atoms with van der Waals surface area (Å²) in [5.74, 6) is 1.78. The van der Waals surface area contributed by atoms with E-state index in [1.807, 2.05) is 24.3 Å². The molecule has 0 saturated heterocycles. The van der Waals surface area contributed by atoms with Crippen LogP contribution in [0, 0.1) is 0 Å². The molecule has 0 fully saturated rings. The van der Waals surface area contributed by atoms with Crippen LogP contribution in [0.15, 0.2) is 36.4 Å². The molecule has 0 aromatic heterocycles. The topological polar surface area (TPSA) is 23.3 Å². The van der Waals surface area contributed by atoms with E-state index in [-0.39, 0.29) is 0 Å². The quantitative estimate of drug-likeness (QED) is 0.417. The van der Waals surface area contributed by atoms with E-state index in [1.54, 1.807) is 0 Å². The Bertz CT molecular complexity index is 678. The van der Waals surface area contributed by atoms with Gasteiger partial charge in [-0.3, -0.25) is 0 Å². The smallest absolute Gasteiger partial charge is 0.153 e. The van der Waals surface area contributed by atoms with Gasteiger partial charge >= 0.3 is 0 Å². The molecule has 1 radical (unpaired) electrons. The molecule has 24 heavy (non-hydrogen) atoms. The van der Waals surface area contributed by atoms with Crippen LogP contribution in [0.3, 0.4) is 0 Å². The van der Waals surface area contributed by atoms with E-state index in [1.165, 1.54) is 49.7 Å². The fraction of sp³-hybridized carbons (Fsp3) is 0.455. The van der Waals surface area contributed by atoms with Crippen molar-refractivity contribution in [3.8, 4) is 11.5 Å².